The van der Waals surface area contributed by atoms with Crippen LogP contribution in [0, 0.1) is 29.1 Å². The molecule has 0 atom stereocenters. The molecule has 114 valence electrons. The van der Waals surface area contributed by atoms with Gasteiger partial charge in [-0.25, -0.2) is 26.7 Å². The van der Waals surface area contributed by atoms with Gasteiger partial charge in [-0.2, -0.15) is 0 Å². The van der Waals surface area contributed by atoms with Crippen molar-refractivity contribution in [1.82, 2.24) is 0 Å². The van der Waals surface area contributed by atoms with Gasteiger partial charge in [-0.15, -0.1) is 0 Å². The number of ether oxygens (including phenoxy) is 1. The van der Waals surface area contributed by atoms with Crippen LogP contribution in [0.15, 0.2) is 6.08 Å². The second-order valence-electron chi connectivity index (χ2n) is 3.56. The Morgan fingerprint density at radius 2 is 1.43 bits per heavy atom. The van der Waals surface area contributed by atoms with E-state index in [4.69, 9.17) is 0 Å². The summed E-state index contributed by atoms with van der Waals surface area (Å²) in [6, 6.07) is 0. The van der Waals surface area contributed by atoms with Crippen molar-refractivity contribution in [2.45, 2.75) is 6.92 Å². The van der Waals surface area contributed by atoms with Gasteiger partial charge in [0.1, 0.15) is 5.76 Å². The first-order valence-corrected chi connectivity index (χ1v) is 5.35. The van der Waals surface area contributed by atoms with Crippen molar-refractivity contribution in [2.75, 3.05) is 6.61 Å². The van der Waals surface area contributed by atoms with E-state index in [0.29, 0.717) is 0 Å². The zero-order valence-corrected chi connectivity index (χ0v) is 10.3. The van der Waals surface area contributed by atoms with Crippen molar-refractivity contribution in [3.8, 4) is 0 Å². The quantitative estimate of drug-likeness (QED) is 0.176. The van der Waals surface area contributed by atoms with E-state index in [-0.39, 0.29) is 12.7 Å². The van der Waals surface area contributed by atoms with Crippen molar-refractivity contribution >= 4 is 17.5 Å². The summed E-state index contributed by atoms with van der Waals surface area (Å²) in [7, 11) is 0. The lowest BCUT2D eigenvalue weighted by Crippen LogP contribution is -2.16. The first-order valence-electron chi connectivity index (χ1n) is 5.35. The van der Waals surface area contributed by atoms with E-state index in [9.17, 15) is 36.6 Å². The summed E-state index contributed by atoms with van der Waals surface area (Å²) in [5.41, 5.74) is -1.72. The highest BCUT2D eigenvalue weighted by molar-refractivity contribution is 6.39. The molecule has 1 N–H and O–H groups in total. The van der Waals surface area contributed by atoms with E-state index in [0.717, 1.165) is 0 Å². The minimum atomic E-state index is -2.42. The van der Waals surface area contributed by atoms with Crippen LogP contribution in [-0.4, -0.2) is 23.5 Å². The Kier molecular flexibility index (Phi) is 5.01. The number of benzene rings is 1. The SMILES string of the molecule is CCOC(=O)C(=O)C=C(O)c1c(F)c(F)c(F)c(F)c1F. The summed E-state index contributed by atoms with van der Waals surface area (Å²) in [5, 5.41) is 9.31. The van der Waals surface area contributed by atoms with Gasteiger partial charge in [0.05, 0.1) is 12.2 Å². The molecule has 0 unspecified atom stereocenters. The van der Waals surface area contributed by atoms with Gasteiger partial charge in [0.15, 0.2) is 23.3 Å². The van der Waals surface area contributed by atoms with Gasteiger partial charge in [0.25, 0.3) is 5.78 Å². The van der Waals surface area contributed by atoms with Gasteiger partial charge in [0.2, 0.25) is 5.82 Å². The van der Waals surface area contributed by atoms with E-state index < -0.39 is 52.2 Å². The smallest absolute Gasteiger partial charge is 0.379 e. The Hall–Kier alpha value is -2.45. The number of aliphatic hydroxyl groups is 1. The predicted octanol–water partition coefficient (Wildman–Crippen LogP) is 2.41. The molecule has 9 heteroatoms. The van der Waals surface area contributed by atoms with E-state index >= 15 is 0 Å². The number of carbonyl (C=O) groups excluding carboxylic acids is 2. The number of aliphatic hydroxyl groups excluding tert-OH is 1. The molecule has 0 aromatic heterocycles. The number of ketones is 1. The number of carbonyl (C=O) groups is 2. The first kappa shape index (κ1) is 16.6. The van der Waals surface area contributed by atoms with Crippen LogP contribution in [0.5, 0.6) is 0 Å². The van der Waals surface area contributed by atoms with Crippen molar-refractivity contribution in [2.24, 2.45) is 0 Å². The molecule has 1 aromatic carbocycles. The summed E-state index contributed by atoms with van der Waals surface area (Å²) < 4.78 is 69.4. The lowest BCUT2D eigenvalue weighted by molar-refractivity contribution is -0.151. The molecule has 1 aromatic rings. The lowest BCUT2D eigenvalue weighted by Gasteiger charge is -2.07. The van der Waals surface area contributed by atoms with Crippen molar-refractivity contribution < 1.29 is 41.4 Å². The van der Waals surface area contributed by atoms with Crippen LogP contribution in [-0.2, 0) is 14.3 Å². The van der Waals surface area contributed by atoms with Gasteiger partial charge in [-0.1, -0.05) is 0 Å². The number of rotatable bonds is 4. The third kappa shape index (κ3) is 3.18. The van der Waals surface area contributed by atoms with E-state index in [1.807, 2.05) is 0 Å². The van der Waals surface area contributed by atoms with E-state index in [1.165, 1.54) is 6.92 Å². The van der Waals surface area contributed by atoms with Crippen molar-refractivity contribution in [3.05, 3.63) is 40.7 Å². The molecule has 0 saturated carbocycles. The Morgan fingerprint density at radius 3 is 1.86 bits per heavy atom. The molecule has 0 spiro atoms. The van der Waals surface area contributed by atoms with Gasteiger partial charge >= 0.3 is 5.97 Å². The predicted molar refractivity (Wildman–Crippen MR) is 58.5 cm³/mol. The van der Waals surface area contributed by atoms with Crippen LogP contribution in [0.1, 0.15) is 12.5 Å². The monoisotopic (exact) mass is 310 g/mol. The molecule has 0 heterocycles. The maximum atomic E-state index is 13.3. The highest BCUT2D eigenvalue weighted by Crippen LogP contribution is 2.27. The maximum absolute atomic E-state index is 13.3. The minimum Gasteiger partial charge on any atom is -0.507 e. The first-order chi connectivity index (χ1) is 9.72. The largest absolute Gasteiger partial charge is 0.507 e. The summed E-state index contributed by atoms with van der Waals surface area (Å²) in [6.07, 6.45) is -0.00370. The number of hydrogen-bond donors (Lipinski definition) is 1. The summed E-state index contributed by atoms with van der Waals surface area (Å²) in [5.74, 6) is -16.3. The second kappa shape index (κ2) is 6.33. The molecule has 21 heavy (non-hydrogen) atoms. The average molecular weight is 310 g/mol. The van der Waals surface area contributed by atoms with Crippen LogP contribution in [0.25, 0.3) is 5.76 Å². The molecular formula is C12H7F5O4. The molecule has 0 amide bonds. The Bertz CT molecular complexity index is 610. The third-order valence-electron chi connectivity index (χ3n) is 2.21. The Balaban J connectivity index is 3.35. The number of halogens is 5. The topological polar surface area (TPSA) is 63.6 Å². The van der Waals surface area contributed by atoms with Crippen LogP contribution in [0.4, 0.5) is 22.0 Å². The Labute approximate surface area is 114 Å². The van der Waals surface area contributed by atoms with Crippen LogP contribution in [0.2, 0.25) is 0 Å². The molecule has 0 aliphatic rings. The van der Waals surface area contributed by atoms with Crippen molar-refractivity contribution in [3.63, 3.8) is 0 Å². The molecule has 0 aliphatic heterocycles. The zero-order chi connectivity index (χ0) is 16.3. The van der Waals surface area contributed by atoms with Gasteiger partial charge in [-0.05, 0) is 6.92 Å². The Morgan fingerprint density at radius 1 is 1.00 bits per heavy atom. The zero-order valence-electron chi connectivity index (χ0n) is 10.3. The number of esters is 1. The second-order valence-corrected chi connectivity index (χ2v) is 3.56. The van der Waals surface area contributed by atoms with Gasteiger partial charge in [0, 0.05) is 6.08 Å². The number of hydrogen-bond acceptors (Lipinski definition) is 4. The fourth-order valence-electron chi connectivity index (χ4n) is 1.29. The van der Waals surface area contributed by atoms with Gasteiger partial charge in [-0.3, -0.25) is 4.79 Å². The molecule has 0 aliphatic carbocycles. The molecule has 0 bridgehead atoms. The fourth-order valence-corrected chi connectivity index (χ4v) is 1.29. The summed E-state index contributed by atoms with van der Waals surface area (Å²) >= 11 is 0. The highest BCUT2D eigenvalue weighted by atomic mass is 19.2. The summed E-state index contributed by atoms with van der Waals surface area (Å²) in [4.78, 5) is 22.1. The highest BCUT2D eigenvalue weighted by Gasteiger charge is 2.28. The third-order valence-corrected chi connectivity index (χ3v) is 2.21. The minimum absolute atomic E-state index is 0.00370. The van der Waals surface area contributed by atoms with E-state index in [2.05, 4.69) is 4.74 Å². The fraction of sp³-hybridized carbons (Fsp3) is 0.167. The molecule has 0 radical (unpaired) electrons. The molecular weight excluding hydrogens is 303 g/mol. The molecule has 1 rings (SSSR count). The van der Waals surface area contributed by atoms with Gasteiger partial charge < -0.3 is 9.84 Å². The normalized spacial score (nSPS) is 11.4. The summed E-state index contributed by atoms with van der Waals surface area (Å²) in [6.45, 7) is 1.17. The maximum Gasteiger partial charge on any atom is 0.379 e. The van der Waals surface area contributed by atoms with Crippen LogP contribution in [0.3, 0.4) is 0 Å². The molecule has 0 fully saturated rings. The average Bonchev–Trinajstić information content (AvgIpc) is 2.43. The standard InChI is InChI=1S/C12H7F5O4/c1-2-21-12(20)5(19)3-4(18)6-7(13)9(15)11(17)10(16)8(6)14/h3,18H,2H2,1H3. The van der Waals surface area contributed by atoms with E-state index in [1.54, 1.807) is 0 Å². The van der Waals surface area contributed by atoms with Crippen molar-refractivity contribution in [1.29, 1.82) is 0 Å². The molecule has 4 nitrogen and oxygen atoms in total. The molecule has 0 saturated heterocycles. The van der Waals surface area contributed by atoms with Crippen LogP contribution < -0.4 is 0 Å². The van der Waals surface area contributed by atoms with Crippen LogP contribution >= 0.6 is 0 Å². The lowest BCUT2D eigenvalue weighted by atomic mass is 10.1.